The Hall–Kier alpha value is -1.00. The summed E-state index contributed by atoms with van der Waals surface area (Å²) in [6, 6.07) is 4.14. The second-order valence-corrected chi connectivity index (χ2v) is 5.77. The van der Waals surface area contributed by atoms with Crippen LogP contribution in [0.15, 0.2) is 18.3 Å². The van der Waals surface area contributed by atoms with Gasteiger partial charge in [0.15, 0.2) is 0 Å². The Bertz CT molecular complexity index is 393. The highest BCUT2D eigenvalue weighted by Crippen LogP contribution is 2.20. The van der Waals surface area contributed by atoms with Crippen molar-refractivity contribution >= 4 is 0 Å². The van der Waals surface area contributed by atoms with Crippen LogP contribution in [0.5, 0.6) is 0 Å². The fraction of sp³-hybridized carbons (Fsp3) is 0.688. The molecule has 1 aromatic rings. The number of pyridine rings is 1. The first-order chi connectivity index (χ1) is 9.70. The summed E-state index contributed by atoms with van der Waals surface area (Å²) >= 11 is 0. The van der Waals surface area contributed by atoms with Crippen molar-refractivity contribution in [1.29, 1.82) is 0 Å². The van der Waals surface area contributed by atoms with Gasteiger partial charge >= 0.3 is 0 Å². The maximum absolute atomic E-state index is 12.9. The molecule has 2 heterocycles. The lowest BCUT2D eigenvalue weighted by Gasteiger charge is -2.28. The SMILES string of the molecule is CNC(CCN1CCCCCC1C)c1ccc(F)cn1. The van der Waals surface area contributed by atoms with Crippen molar-refractivity contribution in [2.45, 2.75) is 51.1 Å². The Labute approximate surface area is 121 Å². The van der Waals surface area contributed by atoms with Gasteiger partial charge in [0.1, 0.15) is 5.82 Å². The minimum Gasteiger partial charge on any atom is -0.312 e. The van der Waals surface area contributed by atoms with Gasteiger partial charge in [0.2, 0.25) is 0 Å². The number of aromatic nitrogens is 1. The molecule has 1 aliphatic rings. The summed E-state index contributed by atoms with van der Waals surface area (Å²) in [5.74, 6) is -0.273. The van der Waals surface area contributed by atoms with E-state index in [1.54, 1.807) is 6.07 Å². The molecule has 0 aliphatic carbocycles. The lowest BCUT2D eigenvalue weighted by atomic mass is 10.1. The summed E-state index contributed by atoms with van der Waals surface area (Å²) in [7, 11) is 1.95. The molecule has 20 heavy (non-hydrogen) atoms. The van der Waals surface area contributed by atoms with Gasteiger partial charge in [-0.1, -0.05) is 12.8 Å². The molecule has 2 atom stereocenters. The molecule has 1 aromatic heterocycles. The Morgan fingerprint density at radius 1 is 1.40 bits per heavy atom. The zero-order valence-electron chi connectivity index (χ0n) is 12.6. The summed E-state index contributed by atoms with van der Waals surface area (Å²) in [5, 5.41) is 3.30. The lowest BCUT2D eigenvalue weighted by molar-refractivity contribution is 0.202. The molecule has 0 saturated carbocycles. The topological polar surface area (TPSA) is 28.2 Å². The number of rotatable bonds is 5. The van der Waals surface area contributed by atoms with Crippen molar-refractivity contribution in [3.05, 3.63) is 29.8 Å². The molecule has 1 saturated heterocycles. The third kappa shape index (κ3) is 4.25. The summed E-state index contributed by atoms with van der Waals surface area (Å²) in [4.78, 5) is 6.78. The second kappa shape index (κ2) is 7.70. The van der Waals surface area contributed by atoms with Gasteiger partial charge in [-0.3, -0.25) is 4.98 Å². The van der Waals surface area contributed by atoms with Gasteiger partial charge < -0.3 is 10.2 Å². The van der Waals surface area contributed by atoms with Gasteiger partial charge in [-0.15, -0.1) is 0 Å². The third-order valence-corrected chi connectivity index (χ3v) is 4.35. The third-order valence-electron chi connectivity index (χ3n) is 4.35. The van der Waals surface area contributed by atoms with E-state index in [1.165, 1.54) is 44.5 Å². The van der Waals surface area contributed by atoms with Crippen LogP contribution < -0.4 is 5.32 Å². The van der Waals surface area contributed by atoms with Crippen LogP contribution in [0.2, 0.25) is 0 Å². The van der Waals surface area contributed by atoms with Crippen molar-refractivity contribution in [2.24, 2.45) is 0 Å². The molecule has 2 unspecified atom stereocenters. The van der Waals surface area contributed by atoms with Crippen molar-refractivity contribution in [3.63, 3.8) is 0 Å². The summed E-state index contributed by atoms with van der Waals surface area (Å²) < 4.78 is 12.9. The van der Waals surface area contributed by atoms with Gasteiger partial charge in [-0.25, -0.2) is 4.39 Å². The molecule has 2 rings (SSSR count). The largest absolute Gasteiger partial charge is 0.312 e. The highest BCUT2D eigenvalue weighted by Gasteiger charge is 2.19. The van der Waals surface area contributed by atoms with E-state index in [-0.39, 0.29) is 11.9 Å². The van der Waals surface area contributed by atoms with E-state index in [0.29, 0.717) is 6.04 Å². The van der Waals surface area contributed by atoms with E-state index in [1.807, 2.05) is 7.05 Å². The predicted molar refractivity (Wildman–Crippen MR) is 80.1 cm³/mol. The van der Waals surface area contributed by atoms with Crippen LogP contribution in [0.1, 0.15) is 50.8 Å². The highest BCUT2D eigenvalue weighted by molar-refractivity contribution is 5.09. The Morgan fingerprint density at radius 3 is 2.95 bits per heavy atom. The number of hydrogen-bond acceptors (Lipinski definition) is 3. The molecule has 1 N–H and O–H groups in total. The number of nitrogens with zero attached hydrogens (tertiary/aromatic N) is 2. The standard InChI is InChI=1S/C16H26FN3/c1-13-6-4-3-5-10-20(13)11-9-15(18-2)16-8-7-14(17)12-19-16/h7-8,12-13,15,18H,3-6,9-11H2,1-2H3. The van der Waals surface area contributed by atoms with Gasteiger partial charge in [-0.05, 0) is 51.9 Å². The number of hydrogen-bond donors (Lipinski definition) is 1. The Kier molecular flexibility index (Phi) is 5.92. The van der Waals surface area contributed by atoms with E-state index in [2.05, 4.69) is 22.1 Å². The van der Waals surface area contributed by atoms with Crippen LogP contribution in [-0.4, -0.2) is 36.1 Å². The summed E-state index contributed by atoms with van der Waals surface area (Å²) in [6.45, 7) is 4.61. The first kappa shape index (κ1) is 15.4. The lowest BCUT2D eigenvalue weighted by Crippen LogP contribution is -2.35. The van der Waals surface area contributed by atoms with Crippen LogP contribution in [0.25, 0.3) is 0 Å². The smallest absolute Gasteiger partial charge is 0.141 e. The number of halogens is 1. The molecule has 3 nitrogen and oxygen atoms in total. The fourth-order valence-corrected chi connectivity index (χ4v) is 2.99. The van der Waals surface area contributed by atoms with Crippen molar-refractivity contribution in [1.82, 2.24) is 15.2 Å². The summed E-state index contributed by atoms with van der Waals surface area (Å²) in [6.07, 6.45) is 7.64. The number of nitrogens with one attached hydrogen (secondary N) is 1. The van der Waals surface area contributed by atoms with Gasteiger partial charge in [0.05, 0.1) is 17.9 Å². The molecule has 0 radical (unpaired) electrons. The molecule has 1 fully saturated rings. The van der Waals surface area contributed by atoms with Crippen LogP contribution in [0.4, 0.5) is 4.39 Å². The Balaban J connectivity index is 1.91. The predicted octanol–water partition coefficient (Wildman–Crippen LogP) is 3.14. The van der Waals surface area contributed by atoms with E-state index < -0.39 is 0 Å². The maximum Gasteiger partial charge on any atom is 0.141 e. The van der Waals surface area contributed by atoms with Crippen LogP contribution in [0, 0.1) is 5.82 Å². The quantitative estimate of drug-likeness (QED) is 0.897. The first-order valence-electron chi connectivity index (χ1n) is 7.73. The van der Waals surface area contributed by atoms with Gasteiger partial charge in [0.25, 0.3) is 0 Å². The van der Waals surface area contributed by atoms with Crippen LogP contribution in [-0.2, 0) is 0 Å². The average molecular weight is 279 g/mol. The maximum atomic E-state index is 12.9. The second-order valence-electron chi connectivity index (χ2n) is 5.77. The normalized spacial score (nSPS) is 22.4. The molecule has 0 amide bonds. The van der Waals surface area contributed by atoms with Gasteiger partial charge in [-0.2, -0.15) is 0 Å². The van der Waals surface area contributed by atoms with Crippen molar-refractivity contribution < 1.29 is 4.39 Å². The minimum absolute atomic E-state index is 0.200. The molecule has 112 valence electrons. The molecular weight excluding hydrogens is 253 g/mol. The molecule has 0 aromatic carbocycles. The van der Waals surface area contributed by atoms with Crippen molar-refractivity contribution in [3.8, 4) is 0 Å². The van der Waals surface area contributed by atoms with E-state index in [0.717, 1.165) is 18.7 Å². The molecule has 0 spiro atoms. The van der Waals surface area contributed by atoms with Crippen LogP contribution in [0.3, 0.4) is 0 Å². The van der Waals surface area contributed by atoms with Crippen molar-refractivity contribution in [2.75, 3.05) is 20.1 Å². The fourth-order valence-electron chi connectivity index (χ4n) is 2.99. The average Bonchev–Trinajstić information content (AvgIpc) is 2.66. The minimum atomic E-state index is -0.273. The monoisotopic (exact) mass is 279 g/mol. The summed E-state index contributed by atoms with van der Waals surface area (Å²) in [5.41, 5.74) is 0.927. The number of likely N-dealkylation sites (tertiary alicyclic amines) is 1. The van der Waals surface area contributed by atoms with E-state index >= 15 is 0 Å². The Morgan fingerprint density at radius 2 is 2.25 bits per heavy atom. The van der Waals surface area contributed by atoms with Gasteiger partial charge in [0, 0.05) is 12.6 Å². The molecular formula is C16H26FN3. The first-order valence-corrected chi connectivity index (χ1v) is 7.73. The van der Waals surface area contributed by atoms with E-state index in [4.69, 9.17) is 0 Å². The zero-order chi connectivity index (χ0) is 14.4. The zero-order valence-corrected chi connectivity index (χ0v) is 12.6. The van der Waals surface area contributed by atoms with E-state index in [9.17, 15) is 4.39 Å². The van der Waals surface area contributed by atoms with Crippen LogP contribution >= 0.6 is 0 Å². The molecule has 1 aliphatic heterocycles. The molecule has 4 heteroatoms. The highest BCUT2D eigenvalue weighted by atomic mass is 19.1. The molecule has 0 bridgehead atoms.